The molecule has 1 fully saturated rings. The summed E-state index contributed by atoms with van der Waals surface area (Å²) in [6.07, 6.45) is 3.87. The van der Waals surface area contributed by atoms with Crippen molar-refractivity contribution in [3.05, 3.63) is 55.0 Å². The van der Waals surface area contributed by atoms with Crippen LogP contribution >= 0.6 is 31.9 Å². The summed E-state index contributed by atoms with van der Waals surface area (Å²) in [6, 6.07) is 1.64. The molecular weight excluding hydrogens is 558 g/mol. The van der Waals surface area contributed by atoms with Crippen molar-refractivity contribution < 1.29 is 29.0 Å². The lowest BCUT2D eigenvalue weighted by Crippen LogP contribution is -2.39. The van der Waals surface area contributed by atoms with Crippen molar-refractivity contribution in [3.8, 4) is 11.5 Å². The Morgan fingerprint density at radius 2 is 1.82 bits per heavy atom. The Morgan fingerprint density at radius 1 is 1.09 bits per heavy atom. The Bertz CT molecular complexity index is 1270. The highest BCUT2D eigenvalue weighted by atomic mass is 79.9. The van der Waals surface area contributed by atoms with E-state index in [4.69, 9.17) is 4.74 Å². The van der Waals surface area contributed by atoms with E-state index in [1.807, 2.05) is 6.08 Å². The lowest BCUT2D eigenvalue weighted by molar-refractivity contribution is -0.126. The highest BCUT2D eigenvalue weighted by molar-refractivity contribution is 9.13. The summed E-state index contributed by atoms with van der Waals surface area (Å²) in [5.41, 5.74) is 2.56. The molecule has 1 heterocycles. The van der Waals surface area contributed by atoms with E-state index < -0.39 is 23.7 Å². The first-order chi connectivity index (χ1) is 15.6. The topological polar surface area (TPSA) is 110 Å². The van der Waals surface area contributed by atoms with Gasteiger partial charge in [0.2, 0.25) is 11.8 Å². The maximum absolute atomic E-state index is 13.4. The molecule has 0 saturated carbocycles. The number of benzene rings is 1. The predicted octanol–water partition coefficient (Wildman–Crippen LogP) is 3.64. The van der Waals surface area contributed by atoms with Crippen LogP contribution in [0.2, 0.25) is 0 Å². The summed E-state index contributed by atoms with van der Waals surface area (Å²) in [5.74, 6) is -3.12. The zero-order chi connectivity index (χ0) is 23.8. The lowest BCUT2D eigenvalue weighted by atomic mass is 9.59. The first-order valence-corrected chi connectivity index (χ1v) is 12.0. The number of phenolic OH excluding ortho intramolecular Hbond substituents is 1. The highest BCUT2D eigenvalue weighted by Crippen LogP contribution is 2.56. The second-order valence-corrected chi connectivity index (χ2v) is 10.3. The van der Waals surface area contributed by atoms with Gasteiger partial charge in [0.15, 0.2) is 23.1 Å². The van der Waals surface area contributed by atoms with E-state index in [0.717, 1.165) is 5.57 Å². The summed E-state index contributed by atoms with van der Waals surface area (Å²) in [5, 5.41) is 12.9. The molecule has 0 bridgehead atoms. The first-order valence-electron chi connectivity index (χ1n) is 10.5. The molecule has 2 N–H and O–H groups in total. The Morgan fingerprint density at radius 3 is 2.52 bits per heavy atom. The minimum absolute atomic E-state index is 0.102. The molecule has 170 valence electrons. The van der Waals surface area contributed by atoms with Crippen molar-refractivity contribution in [2.24, 2.45) is 17.8 Å². The number of fused-ring (bicyclic) bond motifs is 3. The van der Waals surface area contributed by atoms with E-state index >= 15 is 0 Å². The van der Waals surface area contributed by atoms with Crippen LogP contribution in [-0.2, 0) is 19.2 Å². The molecule has 33 heavy (non-hydrogen) atoms. The molecule has 1 aliphatic heterocycles. The zero-order valence-electron chi connectivity index (χ0n) is 17.7. The number of hydrogen-bond donors (Lipinski definition) is 2. The van der Waals surface area contributed by atoms with Gasteiger partial charge in [-0.2, -0.15) is 0 Å². The van der Waals surface area contributed by atoms with Gasteiger partial charge in [0.1, 0.15) is 0 Å². The van der Waals surface area contributed by atoms with Gasteiger partial charge in [-0.3, -0.25) is 24.5 Å². The number of aromatic hydroxyl groups is 1. The van der Waals surface area contributed by atoms with Crippen LogP contribution in [0.25, 0.3) is 0 Å². The molecule has 1 aromatic carbocycles. The average Bonchev–Trinajstić information content (AvgIpc) is 3.08. The zero-order valence-corrected chi connectivity index (χ0v) is 20.9. The van der Waals surface area contributed by atoms with E-state index in [1.165, 1.54) is 13.2 Å². The number of amides is 2. The number of rotatable bonds is 2. The standard InChI is InChI=1S/C24H19Br2NO6/c1-8-5-14(28)12-6-11-9(3-4-10-17(11)24(32)27-23(10)31)16(18(12)21(8)29)13-7-15(33-2)22(30)20(26)19(13)25/h3,5,7,10-11,16-17,30H,4,6H2,1-2H3,(H,27,31,32). The minimum Gasteiger partial charge on any atom is -0.503 e. The van der Waals surface area contributed by atoms with Crippen molar-refractivity contribution in [2.75, 3.05) is 7.11 Å². The molecule has 4 unspecified atom stereocenters. The van der Waals surface area contributed by atoms with Crippen LogP contribution in [-0.4, -0.2) is 35.6 Å². The number of halogens is 2. The second-order valence-electron chi connectivity index (χ2n) is 8.73. The third-order valence-electron chi connectivity index (χ3n) is 7.11. The van der Waals surface area contributed by atoms with E-state index in [0.29, 0.717) is 37.6 Å². The van der Waals surface area contributed by atoms with Gasteiger partial charge in [-0.05, 0) is 75.2 Å². The first kappa shape index (κ1) is 22.3. The van der Waals surface area contributed by atoms with Gasteiger partial charge >= 0.3 is 0 Å². The minimum atomic E-state index is -0.636. The molecule has 4 atom stereocenters. The quantitative estimate of drug-likeness (QED) is 0.316. The molecule has 0 radical (unpaired) electrons. The second kappa shape index (κ2) is 7.77. The number of phenols is 1. The fraction of sp³-hybridized carbons (Fsp3) is 0.333. The van der Waals surface area contributed by atoms with Gasteiger partial charge in [0.05, 0.1) is 23.4 Å². The monoisotopic (exact) mass is 575 g/mol. The number of ketones is 2. The molecule has 2 amide bonds. The molecular formula is C24H19Br2NO6. The number of carbonyl (C=O) groups excluding carboxylic acids is 4. The van der Waals surface area contributed by atoms with Crippen LogP contribution in [0.1, 0.15) is 31.2 Å². The number of Topliss-reactive ketones (excluding diaryl/α,β-unsaturated/α-hetero) is 1. The van der Waals surface area contributed by atoms with E-state index in [-0.39, 0.29) is 41.3 Å². The lowest BCUT2D eigenvalue weighted by Gasteiger charge is -2.42. The van der Waals surface area contributed by atoms with Gasteiger partial charge in [-0.15, -0.1) is 0 Å². The Balaban J connectivity index is 1.78. The highest BCUT2D eigenvalue weighted by Gasteiger charge is 2.53. The van der Waals surface area contributed by atoms with Crippen LogP contribution in [0.5, 0.6) is 11.5 Å². The van der Waals surface area contributed by atoms with Gasteiger partial charge in [0.25, 0.3) is 0 Å². The maximum atomic E-state index is 13.4. The maximum Gasteiger partial charge on any atom is 0.231 e. The third-order valence-corrected chi connectivity index (χ3v) is 9.27. The van der Waals surface area contributed by atoms with Gasteiger partial charge in [-0.1, -0.05) is 11.6 Å². The van der Waals surface area contributed by atoms with Crippen LogP contribution < -0.4 is 10.1 Å². The van der Waals surface area contributed by atoms with Gasteiger partial charge in [0, 0.05) is 27.1 Å². The van der Waals surface area contributed by atoms with Crippen molar-refractivity contribution in [2.45, 2.75) is 25.7 Å². The van der Waals surface area contributed by atoms with Crippen molar-refractivity contribution in [3.63, 3.8) is 0 Å². The number of imide groups is 1. The van der Waals surface area contributed by atoms with Crippen molar-refractivity contribution in [1.82, 2.24) is 5.32 Å². The molecule has 0 spiro atoms. The smallest absolute Gasteiger partial charge is 0.231 e. The summed E-state index contributed by atoms with van der Waals surface area (Å²) in [7, 11) is 1.43. The normalized spacial score (nSPS) is 28.6. The van der Waals surface area contributed by atoms with Crippen LogP contribution in [0, 0.1) is 17.8 Å². The molecule has 0 aromatic heterocycles. The number of ether oxygens (including phenoxy) is 1. The molecule has 7 nitrogen and oxygen atoms in total. The molecule has 5 rings (SSSR count). The summed E-state index contributed by atoms with van der Waals surface area (Å²) >= 11 is 6.92. The number of nitrogens with one attached hydrogen (secondary N) is 1. The third kappa shape index (κ3) is 3.12. The number of hydrogen-bond acceptors (Lipinski definition) is 6. The molecule has 1 saturated heterocycles. The molecule has 9 heteroatoms. The predicted molar refractivity (Wildman–Crippen MR) is 125 cm³/mol. The molecule has 4 aliphatic rings. The summed E-state index contributed by atoms with van der Waals surface area (Å²) in [6.45, 7) is 1.61. The largest absolute Gasteiger partial charge is 0.503 e. The molecule has 3 aliphatic carbocycles. The fourth-order valence-corrected chi connectivity index (χ4v) is 6.56. The Kier molecular flexibility index (Phi) is 5.25. The van der Waals surface area contributed by atoms with Crippen LogP contribution in [0.3, 0.4) is 0 Å². The number of allylic oxidation sites excluding steroid dienone is 6. The van der Waals surface area contributed by atoms with E-state index in [1.54, 1.807) is 13.0 Å². The summed E-state index contributed by atoms with van der Waals surface area (Å²) in [4.78, 5) is 51.5. The van der Waals surface area contributed by atoms with Crippen molar-refractivity contribution >= 4 is 55.2 Å². The Hall–Kier alpha value is -2.52. The van der Waals surface area contributed by atoms with Crippen molar-refractivity contribution in [1.29, 1.82) is 0 Å². The summed E-state index contributed by atoms with van der Waals surface area (Å²) < 4.78 is 6.21. The fourth-order valence-electron chi connectivity index (χ4n) is 5.61. The van der Waals surface area contributed by atoms with Gasteiger partial charge in [-0.25, -0.2) is 0 Å². The van der Waals surface area contributed by atoms with E-state index in [2.05, 4.69) is 37.2 Å². The molecule has 1 aromatic rings. The van der Waals surface area contributed by atoms with Gasteiger partial charge < -0.3 is 9.84 Å². The average molecular weight is 577 g/mol. The van der Waals surface area contributed by atoms with Crippen LogP contribution in [0.15, 0.2) is 49.5 Å². The SMILES string of the molecule is COc1cc(C2C3=CCC4C(=O)NC(=O)C4C3CC3=C2C(=O)C(C)=CC3=O)c(Br)c(Br)c1O. The number of carbonyl (C=O) groups is 4. The number of methoxy groups -OCH3 is 1. The van der Waals surface area contributed by atoms with E-state index in [9.17, 15) is 24.3 Å². The van der Waals surface area contributed by atoms with Crippen LogP contribution in [0.4, 0.5) is 0 Å². The Labute approximate surface area is 206 Å².